The Kier molecular flexibility index (Phi) is 6.71. The molecule has 0 bridgehead atoms. The van der Waals surface area contributed by atoms with Gasteiger partial charge in [0, 0.05) is 19.3 Å². The van der Waals surface area contributed by atoms with Gasteiger partial charge in [-0.1, -0.05) is 13.3 Å². The van der Waals surface area contributed by atoms with Gasteiger partial charge in [0.05, 0.1) is 0 Å². The number of carbonyl (C=O) groups excluding carboxylic acids is 1. The predicted octanol–water partition coefficient (Wildman–Crippen LogP) is 1.40. The van der Waals surface area contributed by atoms with Crippen molar-refractivity contribution >= 4 is 11.8 Å². The van der Waals surface area contributed by atoms with E-state index in [9.17, 15) is 4.79 Å². The first-order valence-corrected chi connectivity index (χ1v) is 6.19. The number of rotatable bonds is 7. The van der Waals surface area contributed by atoms with E-state index in [4.69, 9.17) is 5.11 Å². The third kappa shape index (κ3) is 5.58. The molecule has 0 saturated heterocycles. The number of aliphatic hydroxyl groups excluding tert-OH is 1. The zero-order valence-corrected chi connectivity index (χ0v) is 10.6. The van der Waals surface area contributed by atoms with Crippen LogP contribution in [0.2, 0.25) is 0 Å². The van der Waals surface area contributed by atoms with Crippen molar-refractivity contribution in [3.63, 3.8) is 0 Å². The number of aromatic nitrogens is 2. The predicted molar refractivity (Wildman–Crippen MR) is 69.2 cm³/mol. The van der Waals surface area contributed by atoms with Crippen LogP contribution in [0.25, 0.3) is 0 Å². The molecular formula is C12H20N4O2. The number of urea groups is 1. The molecular weight excluding hydrogens is 232 g/mol. The van der Waals surface area contributed by atoms with Gasteiger partial charge in [-0.3, -0.25) is 5.32 Å². The van der Waals surface area contributed by atoms with Crippen molar-refractivity contribution in [3.05, 3.63) is 18.3 Å². The van der Waals surface area contributed by atoms with Gasteiger partial charge in [0.2, 0.25) is 0 Å². The van der Waals surface area contributed by atoms with Crippen molar-refractivity contribution in [3.8, 4) is 0 Å². The van der Waals surface area contributed by atoms with Crippen molar-refractivity contribution in [1.82, 2.24) is 15.5 Å². The summed E-state index contributed by atoms with van der Waals surface area (Å²) in [5.41, 5.74) is 0. The first kappa shape index (κ1) is 14.4. The Bertz CT molecular complexity index is 339. The largest absolute Gasteiger partial charge is 0.396 e. The van der Waals surface area contributed by atoms with E-state index >= 15 is 0 Å². The minimum absolute atomic E-state index is 0.151. The smallest absolute Gasteiger partial charge is 0.320 e. The molecule has 0 spiro atoms. The maximum atomic E-state index is 11.6. The molecule has 1 atom stereocenters. The molecule has 0 radical (unpaired) electrons. The van der Waals surface area contributed by atoms with Gasteiger partial charge in [0.15, 0.2) is 5.82 Å². The molecule has 0 aromatic carbocycles. The van der Waals surface area contributed by atoms with Crippen LogP contribution in [0, 0.1) is 5.92 Å². The monoisotopic (exact) mass is 252 g/mol. The maximum absolute atomic E-state index is 11.6. The molecule has 2 amide bonds. The van der Waals surface area contributed by atoms with Gasteiger partial charge in [-0.05, 0) is 30.9 Å². The van der Waals surface area contributed by atoms with Crippen LogP contribution < -0.4 is 10.6 Å². The van der Waals surface area contributed by atoms with E-state index < -0.39 is 0 Å². The molecule has 0 aliphatic heterocycles. The third-order valence-electron chi connectivity index (χ3n) is 2.60. The van der Waals surface area contributed by atoms with Gasteiger partial charge in [-0.2, -0.15) is 5.10 Å². The molecule has 100 valence electrons. The molecule has 6 nitrogen and oxygen atoms in total. The maximum Gasteiger partial charge on any atom is 0.320 e. The summed E-state index contributed by atoms with van der Waals surface area (Å²) in [6.07, 6.45) is 4.28. The molecule has 3 N–H and O–H groups in total. The van der Waals surface area contributed by atoms with Gasteiger partial charge in [-0.15, -0.1) is 5.10 Å². The lowest BCUT2D eigenvalue weighted by Crippen LogP contribution is -2.33. The van der Waals surface area contributed by atoms with Crippen LogP contribution in [-0.4, -0.2) is 34.5 Å². The SMILES string of the molecule is CCCC(CCO)CNC(=O)Nc1cccnn1. The summed E-state index contributed by atoms with van der Waals surface area (Å²) in [5.74, 6) is 0.733. The number of aliphatic hydroxyl groups is 1. The number of hydrogen-bond acceptors (Lipinski definition) is 4. The lowest BCUT2D eigenvalue weighted by atomic mass is 10.0. The minimum Gasteiger partial charge on any atom is -0.396 e. The summed E-state index contributed by atoms with van der Waals surface area (Å²) in [5, 5.41) is 21.7. The second-order valence-corrected chi connectivity index (χ2v) is 4.11. The van der Waals surface area contributed by atoms with Gasteiger partial charge < -0.3 is 10.4 Å². The van der Waals surface area contributed by atoms with Crippen LogP contribution >= 0.6 is 0 Å². The average Bonchev–Trinajstić information content (AvgIpc) is 2.38. The molecule has 0 aliphatic rings. The Morgan fingerprint density at radius 3 is 2.94 bits per heavy atom. The molecule has 1 heterocycles. The lowest BCUT2D eigenvalue weighted by Gasteiger charge is -2.15. The number of carbonyl (C=O) groups is 1. The van der Waals surface area contributed by atoms with Crippen molar-refractivity contribution in [2.45, 2.75) is 26.2 Å². The van der Waals surface area contributed by atoms with E-state index in [1.807, 2.05) is 0 Å². The van der Waals surface area contributed by atoms with E-state index in [1.165, 1.54) is 0 Å². The van der Waals surface area contributed by atoms with E-state index in [2.05, 4.69) is 27.8 Å². The number of amides is 2. The van der Waals surface area contributed by atoms with Crippen LogP contribution in [0.3, 0.4) is 0 Å². The fraction of sp³-hybridized carbons (Fsp3) is 0.583. The molecule has 18 heavy (non-hydrogen) atoms. The Hall–Kier alpha value is -1.69. The summed E-state index contributed by atoms with van der Waals surface area (Å²) < 4.78 is 0. The molecule has 1 aromatic rings. The first-order chi connectivity index (χ1) is 8.76. The van der Waals surface area contributed by atoms with Gasteiger partial charge >= 0.3 is 6.03 Å². The van der Waals surface area contributed by atoms with E-state index in [0.29, 0.717) is 24.7 Å². The topological polar surface area (TPSA) is 87.1 Å². The molecule has 6 heteroatoms. The highest BCUT2D eigenvalue weighted by molar-refractivity contribution is 5.87. The van der Waals surface area contributed by atoms with Gasteiger partial charge in [-0.25, -0.2) is 4.79 Å². The van der Waals surface area contributed by atoms with Crippen LogP contribution in [0.4, 0.5) is 10.6 Å². The average molecular weight is 252 g/mol. The number of anilines is 1. The van der Waals surface area contributed by atoms with Crippen LogP contribution in [0.1, 0.15) is 26.2 Å². The van der Waals surface area contributed by atoms with Crippen molar-refractivity contribution in [2.75, 3.05) is 18.5 Å². The highest BCUT2D eigenvalue weighted by atomic mass is 16.3. The normalized spacial score (nSPS) is 11.9. The number of nitrogens with zero attached hydrogens (tertiary/aromatic N) is 2. The zero-order chi connectivity index (χ0) is 13.2. The summed E-state index contributed by atoms with van der Waals surface area (Å²) in [6.45, 7) is 2.79. The Labute approximate surface area is 107 Å². The van der Waals surface area contributed by atoms with Crippen LogP contribution in [0.15, 0.2) is 18.3 Å². The van der Waals surface area contributed by atoms with Gasteiger partial charge in [0.1, 0.15) is 0 Å². The summed E-state index contributed by atoms with van der Waals surface area (Å²) in [4.78, 5) is 11.6. The summed E-state index contributed by atoms with van der Waals surface area (Å²) in [6, 6.07) is 3.08. The molecule has 0 fully saturated rings. The molecule has 0 aliphatic carbocycles. The second kappa shape index (κ2) is 8.41. The van der Waals surface area contributed by atoms with Crippen LogP contribution in [-0.2, 0) is 0 Å². The number of hydrogen-bond donors (Lipinski definition) is 3. The molecule has 1 rings (SSSR count). The first-order valence-electron chi connectivity index (χ1n) is 6.19. The molecule has 0 saturated carbocycles. The van der Waals surface area contributed by atoms with Crippen molar-refractivity contribution < 1.29 is 9.90 Å². The fourth-order valence-corrected chi connectivity index (χ4v) is 1.71. The number of nitrogens with one attached hydrogen (secondary N) is 2. The third-order valence-corrected chi connectivity index (χ3v) is 2.60. The van der Waals surface area contributed by atoms with Crippen molar-refractivity contribution in [1.29, 1.82) is 0 Å². The van der Waals surface area contributed by atoms with E-state index in [-0.39, 0.29) is 12.6 Å². The highest BCUT2D eigenvalue weighted by Gasteiger charge is 2.09. The van der Waals surface area contributed by atoms with E-state index in [0.717, 1.165) is 12.8 Å². The lowest BCUT2D eigenvalue weighted by molar-refractivity contribution is 0.236. The van der Waals surface area contributed by atoms with Crippen LogP contribution in [0.5, 0.6) is 0 Å². The van der Waals surface area contributed by atoms with Crippen molar-refractivity contribution in [2.24, 2.45) is 5.92 Å². The van der Waals surface area contributed by atoms with Gasteiger partial charge in [0.25, 0.3) is 0 Å². The minimum atomic E-state index is -0.297. The molecule has 1 unspecified atom stereocenters. The standard InChI is InChI=1S/C12H20N4O2/c1-2-4-10(6-8-17)9-13-12(18)15-11-5-3-7-14-16-11/h3,5,7,10,17H,2,4,6,8-9H2,1H3,(H2,13,15,16,18). The zero-order valence-electron chi connectivity index (χ0n) is 10.6. The fourth-order valence-electron chi connectivity index (χ4n) is 1.71. The summed E-state index contributed by atoms with van der Waals surface area (Å²) in [7, 11) is 0. The van der Waals surface area contributed by atoms with E-state index in [1.54, 1.807) is 18.3 Å². The Morgan fingerprint density at radius 2 is 2.33 bits per heavy atom. The highest BCUT2D eigenvalue weighted by Crippen LogP contribution is 2.09. The Balaban J connectivity index is 2.31. The Morgan fingerprint density at radius 1 is 1.50 bits per heavy atom. The quantitative estimate of drug-likeness (QED) is 0.684. The molecule has 1 aromatic heterocycles. The second-order valence-electron chi connectivity index (χ2n) is 4.11. The summed E-state index contributed by atoms with van der Waals surface area (Å²) >= 11 is 0.